The van der Waals surface area contributed by atoms with Crippen molar-refractivity contribution in [2.24, 2.45) is 0 Å². The van der Waals surface area contributed by atoms with E-state index >= 15 is 0 Å². The van der Waals surface area contributed by atoms with Crippen LogP contribution in [0, 0.1) is 12.7 Å². The molecule has 3 nitrogen and oxygen atoms in total. The third-order valence-corrected chi connectivity index (χ3v) is 4.48. The van der Waals surface area contributed by atoms with Crippen LogP contribution in [0.4, 0.5) is 4.39 Å². The maximum Gasteiger partial charge on any atom is 0.126 e. The third-order valence-electron chi connectivity index (χ3n) is 4.48. The highest BCUT2D eigenvalue weighted by Crippen LogP contribution is 2.24. The van der Waals surface area contributed by atoms with Gasteiger partial charge in [-0.15, -0.1) is 0 Å². The SMILES string of the molecule is CCNC(c1ccc(C)c(F)c1)C1CN(C)CCCN1C. The summed E-state index contributed by atoms with van der Waals surface area (Å²) in [6, 6.07) is 6.16. The van der Waals surface area contributed by atoms with Gasteiger partial charge in [0, 0.05) is 18.6 Å². The highest BCUT2D eigenvalue weighted by atomic mass is 19.1. The summed E-state index contributed by atoms with van der Waals surface area (Å²) in [7, 11) is 4.35. The Bertz CT molecular complexity index is 463. The van der Waals surface area contributed by atoms with Gasteiger partial charge >= 0.3 is 0 Å². The van der Waals surface area contributed by atoms with Gasteiger partial charge in [-0.25, -0.2) is 4.39 Å². The summed E-state index contributed by atoms with van der Waals surface area (Å²) in [6.45, 7) is 8.02. The van der Waals surface area contributed by atoms with Gasteiger partial charge in [-0.2, -0.15) is 0 Å². The normalized spacial score (nSPS) is 23.0. The molecule has 1 N–H and O–H groups in total. The number of nitrogens with one attached hydrogen (secondary N) is 1. The standard InChI is InChI=1S/C17H28FN3/c1-5-19-17(14-8-7-13(2)15(18)11-14)16-12-20(3)9-6-10-21(16)4/h7-8,11,16-17,19H,5-6,9-10,12H2,1-4H3. The third kappa shape index (κ3) is 4.02. The summed E-state index contributed by atoms with van der Waals surface area (Å²) in [5, 5.41) is 3.56. The van der Waals surface area contributed by atoms with E-state index in [1.54, 1.807) is 6.07 Å². The predicted octanol–water partition coefficient (Wildman–Crippen LogP) is 2.42. The minimum atomic E-state index is -0.111. The maximum atomic E-state index is 13.9. The Hall–Kier alpha value is -0.970. The summed E-state index contributed by atoms with van der Waals surface area (Å²) >= 11 is 0. The fourth-order valence-electron chi connectivity index (χ4n) is 3.16. The average molecular weight is 293 g/mol. The van der Waals surface area contributed by atoms with Crippen LogP contribution in [0.25, 0.3) is 0 Å². The van der Waals surface area contributed by atoms with Crippen LogP contribution < -0.4 is 5.32 Å². The van der Waals surface area contributed by atoms with Crippen molar-refractivity contribution in [3.05, 3.63) is 35.1 Å². The zero-order valence-electron chi connectivity index (χ0n) is 13.7. The molecule has 1 saturated heterocycles. The predicted molar refractivity (Wildman–Crippen MR) is 86.1 cm³/mol. The molecule has 0 saturated carbocycles. The molecule has 1 aromatic carbocycles. The lowest BCUT2D eigenvalue weighted by molar-refractivity contribution is 0.179. The van der Waals surface area contributed by atoms with Crippen LogP contribution >= 0.6 is 0 Å². The van der Waals surface area contributed by atoms with Crippen LogP contribution in [0.5, 0.6) is 0 Å². The summed E-state index contributed by atoms with van der Waals surface area (Å²) in [6.07, 6.45) is 1.19. The van der Waals surface area contributed by atoms with E-state index in [-0.39, 0.29) is 11.9 Å². The van der Waals surface area contributed by atoms with Crippen molar-refractivity contribution in [3.63, 3.8) is 0 Å². The van der Waals surface area contributed by atoms with Crippen LogP contribution in [0.3, 0.4) is 0 Å². The molecule has 2 unspecified atom stereocenters. The van der Waals surface area contributed by atoms with Gasteiger partial charge in [-0.3, -0.25) is 0 Å². The lowest BCUT2D eigenvalue weighted by Crippen LogP contribution is -2.47. The second kappa shape index (κ2) is 7.34. The van der Waals surface area contributed by atoms with Gasteiger partial charge in [-0.05, 0) is 64.3 Å². The molecule has 0 aromatic heterocycles. The molecule has 0 amide bonds. The Kier molecular flexibility index (Phi) is 5.73. The summed E-state index contributed by atoms with van der Waals surface area (Å²) < 4.78 is 13.9. The van der Waals surface area contributed by atoms with E-state index in [1.807, 2.05) is 13.0 Å². The van der Waals surface area contributed by atoms with E-state index in [1.165, 1.54) is 6.42 Å². The summed E-state index contributed by atoms with van der Waals surface area (Å²) in [5.41, 5.74) is 1.76. The molecule has 1 fully saturated rings. The van der Waals surface area contributed by atoms with Crippen molar-refractivity contribution >= 4 is 0 Å². The molecule has 4 heteroatoms. The average Bonchev–Trinajstić information content (AvgIpc) is 2.61. The van der Waals surface area contributed by atoms with E-state index in [0.29, 0.717) is 11.6 Å². The Labute approximate surface area is 128 Å². The largest absolute Gasteiger partial charge is 0.309 e. The van der Waals surface area contributed by atoms with Crippen LogP contribution in [-0.2, 0) is 0 Å². The lowest BCUT2D eigenvalue weighted by Gasteiger charge is -2.35. The number of hydrogen-bond acceptors (Lipinski definition) is 3. The second-order valence-corrected chi connectivity index (χ2v) is 6.21. The molecule has 118 valence electrons. The van der Waals surface area contributed by atoms with Crippen molar-refractivity contribution in [2.45, 2.75) is 32.4 Å². The molecule has 0 aliphatic carbocycles. The Balaban J connectivity index is 2.29. The van der Waals surface area contributed by atoms with Crippen molar-refractivity contribution in [3.8, 4) is 0 Å². The molecule has 0 radical (unpaired) electrons. The minimum absolute atomic E-state index is 0.111. The highest BCUT2D eigenvalue weighted by molar-refractivity contribution is 5.27. The molecule has 1 aliphatic rings. The van der Waals surface area contributed by atoms with Gasteiger partial charge in [0.05, 0.1) is 0 Å². The Morgan fingerprint density at radius 2 is 2.10 bits per heavy atom. The zero-order valence-corrected chi connectivity index (χ0v) is 13.7. The first-order valence-corrected chi connectivity index (χ1v) is 7.91. The van der Waals surface area contributed by atoms with Gasteiger partial charge in [0.25, 0.3) is 0 Å². The first-order chi connectivity index (χ1) is 10.0. The van der Waals surface area contributed by atoms with E-state index in [0.717, 1.165) is 31.7 Å². The molecule has 0 bridgehead atoms. The molecule has 2 atom stereocenters. The number of hydrogen-bond donors (Lipinski definition) is 1. The van der Waals surface area contributed by atoms with Crippen molar-refractivity contribution in [1.82, 2.24) is 15.1 Å². The molecule has 1 aromatic rings. The van der Waals surface area contributed by atoms with Crippen molar-refractivity contribution in [1.29, 1.82) is 0 Å². The second-order valence-electron chi connectivity index (χ2n) is 6.21. The zero-order chi connectivity index (χ0) is 15.4. The van der Waals surface area contributed by atoms with E-state index in [4.69, 9.17) is 0 Å². The smallest absolute Gasteiger partial charge is 0.126 e. The molecule has 21 heavy (non-hydrogen) atoms. The molecule has 2 rings (SSSR count). The van der Waals surface area contributed by atoms with E-state index < -0.39 is 0 Å². The fraction of sp³-hybridized carbons (Fsp3) is 0.647. The Morgan fingerprint density at radius 3 is 2.76 bits per heavy atom. The first-order valence-electron chi connectivity index (χ1n) is 7.91. The van der Waals surface area contributed by atoms with E-state index in [9.17, 15) is 4.39 Å². The monoisotopic (exact) mass is 293 g/mol. The van der Waals surface area contributed by atoms with Gasteiger partial charge in [-0.1, -0.05) is 19.1 Å². The number of nitrogens with zero attached hydrogens (tertiary/aromatic N) is 2. The number of aryl methyl sites for hydroxylation is 1. The van der Waals surface area contributed by atoms with Gasteiger partial charge in [0.15, 0.2) is 0 Å². The molecule has 0 spiro atoms. The van der Waals surface area contributed by atoms with Crippen LogP contribution in [-0.4, -0.2) is 56.1 Å². The number of benzene rings is 1. The number of halogens is 1. The van der Waals surface area contributed by atoms with Gasteiger partial charge in [0.2, 0.25) is 0 Å². The van der Waals surface area contributed by atoms with E-state index in [2.05, 4.69) is 42.2 Å². The number of rotatable bonds is 4. The molecular formula is C17H28FN3. The minimum Gasteiger partial charge on any atom is -0.309 e. The first kappa shape index (κ1) is 16.4. The van der Waals surface area contributed by atoms with Gasteiger partial charge < -0.3 is 15.1 Å². The molecule has 1 aliphatic heterocycles. The lowest BCUT2D eigenvalue weighted by atomic mass is 9.96. The van der Waals surface area contributed by atoms with Gasteiger partial charge in [0.1, 0.15) is 5.82 Å². The number of likely N-dealkylation sites (N-methyl/N-ethyl adjacent to an activating group) is 3. The Morgan fingerprint density at radius 1 is 1.33 bits per heavy atom. The summed E-state index contributed by atoms with van der Waals surface area (Å²) in [4.78, 5) is 4.79. The topological polar surface area (TPSA) is 18.5 Å². The molecule has 1 heterocycles. The quantitative estimate of drug-likeness (QED) is 0.920. The van der Waals surface area contributed by atoms with Crippen molar-refractivity contribution in [2.75, 3.05) is 40.3 Å². The fourth-order valence-corrected chi connectivity index (χ4v) is 3.16. The van der Waals surface area contributed by atoms with Crippen LogP contribution in [0.2, 0.25) is 0 Å². The van der Waals surface area contributed by atoms with Crippen LogP contribution in [0.15, 0.2) is 18.2 Å². The maximum absolute atomic E-state index is 13.9. The molecular weight excluding hydrogens is 265 g/mol. The van der Waals surface area contributed by atoms with Crippen LogP contribution in [0.1, 0.15) is 30.5 Å². The highest BCUT2D eigenvalue weighted by Gasteiger charge is 2.29. The summed E-state index contributed by atoms with van der Waals surface area (Å²) in [5.74, 6) is -0.111. The van der Waals surface area contributed by atoms with Crippen molar-refractivity contribution < 1.29 is 4.39 Å².